The first-order chi connectivity index (χ1) is 9.70. The zero-order valence-corrected chi connectivity index (χ0v) is 12.4. The Balaban J connectivity index is 2.05. The maximum atomic E-state index is 12.1. The van der Waals surface area contributed by atoms with E-state index < -0.39 is 0 Å². The van der Waals surface area contributed by atoms with Gasteiger partial charge in [-0.2, -0.15) is 0 Å². The third-order valence-electron chi connectivity index (χ3n) is 3.01. The van der Waals surface area contributed by atoms with Crippen LogP contribution in [0.2, 0.25) is 0 Å². The molecular formula is C17H17NOS. The zero-order valence-electron chi connectivity index (χ0n) is 11.6. The number of anilines is 1. The van der Waals surface area contributed by atoms with Gasteiger partial charge < -0.3 is 4.90 Å². The fourth-order valence-electron chi connectivity index (χ4n) is 1.77. The Labute approximate surface area is 124 Å². The molecule has 2 nitrogen and oxygen atoms in total. The van der Waals surface area contributed by atoms with Gasteiger partial charge in [0.15, 0.2) is 0 Å². The molecule has 0 radical (unpaired) electrons. The lowest BCUT2D eigenvalue weighted by Crippen LogP contribution is -2.23. The molecule has 0 saturated heterocycles. The maximum absolute atomic E-state index is 12.1. The first-order valence-electron chi connectivity index (χ1n) is 6.35. The SMILES string of the molecule is CSc1ccc(/C=C/C(=O)N(C)c2ccccc2)cc1. The Morgan fingerprint density at radius 3 is 2.30 bits per heavy atom. The Morgan fingerprint density at radius 1 is 1.05 bits per heavy atom. The van der Waals surface area contributed by atoms with Gasteiger partial charge in [-0.1, -0.05) is 30.3 Å². The molecule has 0 spiro atoms. The van der Waals surface area contributed by atoms with E-state index in [1.54, 1.807) is 29.8 Å². The minimum absolute atomic E-state index is 0.0369. The van der Waals surface area contributed by atoms with Crippen LogP contribution in [0.1, 0.15) is 5.56 Å². The normalized spacial score (nSPS) is 10.7. The van der Waals surface area contributed by atoms with Crippen molar-refractivity contribution in [2.75, 3.05) is 18.2 Å². The number of nitrogens with zero attached hydrogens (tertiary/aromatic N) is 1. The van der Waals surface area contributed by atoms with E-state index in [1.165, 1.54) is 4.90 Å². The molecule has 0 atom stereocenters. The predicted octanol–water partition coefficient (Wildman–Crippen LogP) is 4.08. The van der Waals surface area contributed by atoms with E-state index in [1.807, 2.05) is 54.8 Å². The fraction of sp³-hybridized carbons (Fsp3) is 0.118. The van der Waals surface area contributed by atoms with E-state index in [4.69, 9.17) is 0 Å². The molecule has 0 saturated carbocycles. The number of hydrogen-bond acceptors (Lipinski definition) is 2. The molecule has 0 aliphatic heterocycles. The lowest BCUT2D eigenvalue weighted by atomic mass is 10.2. The van der Waals surface area contributed by atoms with Gasteiger partial charge in [0.2, 0.25) is 0 Å². The summed E-state index contributed by atoms with van der Waals surface area (Å²) in [5.41, 5.74) is 1.91. The second-order valence-corrected chi connectivity index (χ2v) is 5.22. The highest BCUT2D eigenvalue weighted by molar-refractivity contribution is 7.98. The quantitative estimate of drug-likeness (QED) is 0.622. The van der Waals surface area contributed by atoms with Crippen LogP contribution in [-0.4, -0.2) is 19.2 Å². The summed E-state index contributed by atoms with van der Waals surface area (Å²) in [7, 11) is 1.78. The number of likely N-dealkylation sites (N-methyl/N-ethyl adjacent to an activating group) is 1. The molecule has 0 N–H and O–H groups in total. The number of para-hydroxylation sites is 1. The van der Waals surface area contributed by atoms with Crippen molar-refractivity contribution < 1.29 is 4.79 Å². The van der Waals surface area contributed by atoms with Gasteiger partial charge >= 0.3 is 0 Å². The summed E-state index contributed by atoms with van der Waals surface area (Å²) in [5.74, 6) is -0.0369. The molecule has 0 aliphatic carbocycles. The van der Waals surface area contributed by atoms with Crippen molar-refractivity contribution in [2.45, 2.75) is 4.90 Å². The summed E-state index contributed by atoms with van der Waals surface area (Å²) in [6, 6.07) is 17.7. The first-order valence-corrected chi connectivity index (χ1v) is 7.58. The number of carbonyl (C=O) groups is 1. The van der Waals surface area contributed by atoms with Gasteiger partial charge in [0.25, 0.3) is 5.91 Å². The van der Waals surface area contributed by atoms with Crippen molar-refractivity contribution in [1.29, 1.82) is 0 Å². The average molecular weight is 283 g/mol. The minimum atomic E-state index is -0.0369. The van der Waals surface area contributed by atoms with E-state index in [0.717, 1.165) is 11.3 Å². The Morgan fingerprint density at radius 2 is 1.70 bits per heavy atom. The van der Waals surface area contributed by atoms with E-state index in [0.29, 0.717) is 0 Å². The predicted molar refractivity (Wildman–Crippen MR) is 87.1 cm³/mol. The lowest BCUT2D eigenvalue weighted by molar-refractivity contribution is -0.113. The third-order valence-corrected chi connectivity index (χ3v) is 3.75. The molecular weight excluding hydrogens is 266 g/mol. The topological polar surface area (TPSA) is 20.3 Å². The monoisotopic (exact) mass is 283 g/mol. The summed E-state index contributed by atoms with van der Waals surface area (Å²) in [4.78, 5) is 14.9. The fourth-order valence-corrected chi connectivity index (χ4v) is 2.18. The minimum Gasteiger partial charge on any atom is -0.312 e. The van der Waals surface area contributed by atoms with Crippen LogP contribution in [0.15, 0.2) is 65.6 Å². The van der Waals surface area contributed by atoms with Crippen molar-refractivity contribution in [3.63, 3.8) is 0 Å². The number of rotatable bonds is 4. The second kappa shape index (κ2) is 6.96. The lowest BCUT2D eigenvalue weighted by Gasteiger charge is -2.14. The highest BCUT2D eigenvalue weighted by atomic mass is 32.2. The molecule has 2 aromatic carbocycles. The van der Waals surface area contributed by atoms with Crippen LogP contribution in [0.25, 0.3) is 6.08 Å². The molecule has 3 heteroatoms. The maximum Gasteiger partial charge on any atom is 0.250 e. The Kier molecular flexibility index (Phi) is 5.02. The molecule has 0 aromatic heterocycles. The molecule has 2 aromatic rings. The number of hydrogen-bond donors (Lipinski definition) is 0. The molecule has 1 amide bonds. The molecule has 0 fully saturated rings. The van der Waals surface area contributed by atoms with E-state index in [-0.39, 0.29) is 5.91 Å². The largest absolute Gasteiger partial charge is 0.312 e. The van der Waals surface area contributed by atoms with Gasteiger partial charge in [0, 0.05) is 23.7 Å². The summed E-state index contributed by atoms with van der Waals surface area (Å²) in [6.45, 7) is 0. The smallest absolute Gasteiger partial charge is 0.250 e. The summed E-state index contributed by atoms with van der Waals surface area (Å²) in [6.07, 6.45) is 5.48. The third kappa shape index (κ3) is 3.75. The van der Waals surface area contributed by atoms with Crippen LogP contribution in [-0.2, 0) is 4.79 Å². The van der Waals surface area contributed by atoms with Crippen LogP contribution in [0.5, 0.6) is 0 Å². The van der Waals surface area contributed by atoms with Crippen LogP contribution >= 0.6 is 11.8 Å². The van der Waals surface area contributed by atoms with Crippen molar-refractivity contribution >= 4 is 29.4 Å². The molecule has 20 heavy (non-hydrogen) atoms. The van der Waals surface area contributed by atoms with Crippen LogP contribution in [0, 0.1) is 0 Å². The molecule has 0 unspecified atom stereocenters. The molecule has 0 heterocycles. The van der Waals surface area contributed by atoms with Gasteiger partial charge in [-0.25, -0.2) is 0 Å². The molecule has 0 bridgehead atoms. The van der Waals surface area contributed by atoms with Crippen molar-refractivity contribution in [3.05, 3.63) is 66.2 Å². The van der Waals surface area contributed by atoms with Gasteiger partial charge in [0.1, 0.15) is 0 Å². The van der Waals surface area contributed by atoms with Crippen LogP contribution in [0.4, 0.5) is 5.69 Å². The second-order valence-electron chi connectivity index (χ2n) is 4.34. The van der Waals surface area contributed by atoms with E-state index >= 15 is 0 Å². The summed E-state index contributed by atoms with van der Waals surface area (Å²) < 4.78 is 0. The number of carbonyl (C=O) groups excluding carboxylic acids is 1. The van der Waals surface area contributed by atoms with E-state index in [9.17, 15) is 4.79 Å². The standard InChI is InChI=1S/C17H17NOS/c1-18(15-6-4-3-5-7-15)17(19)13-10-14-8-11-16(20-2)12-9-14/h3-13H,1-2H3/b13-10+. The molecule has 0 aliphatic rings. The first kappa shape index (κ1) is 14.4. The van der Waals surface area contributed by atoms with Gasteiger partial charge in [-0.15, -0.1) is 11.8 Å². The number of thioether (sulfide) groups is 1. The van der Waals surface area contributed by atoms with Crippen molar-refractivity contribution in [1.82, 2.24) is 0 Å². The molecule has 102 valence electrons. The van der Waals surface area contributed by atoms with Gasteiger partial charge in [0.05, 0.1) is 0 Å². The molecule has 2 rings (SSSR count). The highest BCUT2D eigenvalue weighted by Crippen LogP contribution is 2.16. The summed E-state index contributed by atoms with van der Waals surface area (Å²) >= 11 is 1.70. The van der Waals surface area contributed by atoms with Crippen molar-refractivity contribution in [3.8, 4) is 0 Å². The Bertz CT molecular complexity index is 590. The number of benzene rings is 2. The van der Waals surface area contributed by atoms with Crippen LogP contribution < -0.4 is 4.90 Å². The number of amides is 1. The average Bonchev–Trinajstić information content (AvgIpc) is 2.53. The van der Waals surface area contributed by atoms with Gasteiger partial charge in [-0.05, 0) is 42.2 Å². The zero-order chi connectivity index (χ0) is 14.4. The van der Waals surface area contributed by atoms with Gasteiger partial charge in [-0.3, -0.25) is 4.79 Å². The van der Waals surface area contributed by atoms with E-state index in [2.05, 4.69) is 12.1 Å². The highest BCUT2D eigenvalue weighted by Gasteiger charge is 2.06. The van der Waals surface area contributed by atoms with Crippen LogP contribution in [0.3, 0.4) is 0 Å². The Hall–Kier alpha value is -2.00. The summed E-state index contributed by atoms with van der Waals surface area (Å²) in [5, 5.41) is 0. The van der Waals surface area contributed by atoms with Crippen molar-refractivity contribution in [2.24, 2.45) is 0 Å².